The minimum absolute atomic E-state index is 0.0173. The van der Waals surface area contributed by atoms with Gasteiger partial charge in [-0.2, -0.15) is 0 Å². The molecule has 1 aromatic rings. The van der Waals surface area contributed by atoms with E-state index in [-0.39, 0.29) is 12.7 Å². The second kappa shape index (κ2) is 6.00. The van der Waals surface area contributed by atoms with Crippen LogP contribution in [0.15, 0.2) is 24.3 Å². The molecule has 1 aliphatic heterocycles. The molecule has 1 fully saturated rings. The molecule has 0 aromatic heterocycles. The molecule has 1 aromatic carbocycles. The first kappa shape index (κ1) is 12.4. The maximum atomic E-state index is 9.15. The number of aliphatic hydroxyl groups is 1. The normalized spacial score (nSPS) is 18.1. The quantitative estimate of drug-likeness (QED) is 0.811. The van der Waals surface area contributed by atoms with Crippen molar-refractivity contribution in [2.45, 2.75) is 6.10 Å². The Morgan fingerprint density at radius 2 is 1.94 bits per heavy atom. The molecule has 0 bridgehead atoms. The molecule has 94 valence electrons. The lowest BCUT2D eigenvalue weighted by Gasteiger charge is -2.29. The van der Waals surface area contributed by atoms with E-state index in [2.05, 4.69) is 22.3 Å². The maximum absolute atomic E-state index is 9.15. The average molecular weight is 236 g/mol. The predicted octanol–water partition coefficient (Wildman–Crippen LogP) is 0.776. The number of hydrogen-bond acceptors (Lipinski definition) is 4. The van der Waals surface area contributed by atoms with Gasteiger partial charge in [-0.1, -0.05) is 12.1 Å². The van der Waals surface area contributed by atoms with Crippen molar-refractivity contribution >= 4 is 5.69 Å². The fraction of sp³-hybridized carbons (Fsp3) is 0.538. The lowest BCUT2D eigenvalue weighted by Crippen LogP contribution is -2.43. The first-order valence-corrected chi connectivity index (χ1v) is 6.04. The van der Waals surface area contributed by atoms with E-state index >= 15 is 0 Å². The fourth-order valence-corrected chi connectivity index (χ4v) is 2.14. The minimum Gasteiger partial charge on any atom is -0.393 e. The number of nitrogens with zero attached hydrogens (tertiary/aromatic N) is 1. The fourth-order valence-electron chi connectivity index (χ4n) is 2.14. The maximum Gasteiger partial charge on any atom is 0.105 e. The summed E-state index contributed by atoms with van der Waals surface area (Å²) in [6, 6.07) is 8.26. The zero-order valence-electron chi connectivity index (χ0n) is 10.2. The van der Waals surface area contributed by atoms with E-state index in [1.165, 1.54) is 5.69 Å². The van der Waals surface area contributed by atoms with E-state index in [9.17, 15) is 0 Å². The molecule has 2 rings (SSSR count). The van der Waals surface area contributed by atoms with Crippen LogP contribution < -0.4 is 10.2 Å². The van der Waals surface area contributed by atoms with Crippen LogP contribution in [-0.2, 0) is 4.74 Å². The van der Waals surface area contributed by atoms with Crippen LogP contribution in [0.4, 0.5) is 5.69 Å². The van der Waals surface area contributed by atoms with E-state index < -0.39 is 0 Å². The van der Waals surface area contributed by atoms with Gasteiger partial charge >= 0.3 is 0 Å². The van der Waals surface area contributed by atoms with Crippen LogP contribution in [0.2, 0.25) is 0 Å². The highest BCUT2D eigenvalue weighted by molar-refractivity contribution is 5.48. The Balaban J connectivity index is 2.06. The molecule has 1 aliphatic rings. The Bertz CT molecular complexity index is 330. The summed E-state index contributed by atoms with van der Waals surface area (Å²) in [4.78, 5) is 2.36. The van der Waals surface area contributed by atoms with Crippen molar-refractivity contribution in [3.8, 4) is 0 Å². The summed E-state index contributed by atoms with van der Waals surface area (Å²) < 4.78 is 5.20. The third-order valence-corrected chi connectivity index (χ3v) is 3.20. The number of piperazine rings is 1. The average Bonchev–Trinajstić information content (AvgIpc) is 2.42. The van der Waals surface area contributed by atoms with Gasteiger partial charge in [-0.05, 0) is 17.7 Å². The van der Waals surface area contributed by atoms with Gasteiger partial charge in [-0.25, -0.2) is 0 Å². The van der Waals surface area contributed by atoms with Crippen molar-refractivity contribution in [3.05, 3.63) is 29.8 Å². The van der Waals surface area contributed by atoms with Crippen molar-refractivity contribution in [1.82, 2.24) is 5.32 Å². The third-order valence-electron chi connectivity index (χ3n) is 3.20. The van der Waals surface area contributed by atoms with E-state index in [4.69, 9.17) is 9.84 Å². The van der Waals surface area contributed by atoms with Crippen LogP contribution in [0, 0.1) is 0 Å². The first-order valence-electron chi connectivity index (χ1n) is 6.04. The molecule has 1 saturated heterocycles. The van der Waals surface area contributed by atoms with Crippen LogP contribution >= 0.6 is 0 Å². The van der Waals surface area contributed by atoms with E-state index in [1.54, 1.807) is 7.11 Å². The van der Waals surface area contributed by atoms with Crippen LogP contribution in [-0.4, -0.2) is 45.0 Å². The van der Waals surface area contributed by atoms with Crippen LogP contribution in [0.1, 0.15) is 11.7 Å². The number of rotatable bonds is 4. The van der Waals surface area contributed by atoms with Gasteiger partial charge in [-0.15, -0.1) is 0 Å². The van der Waals surface area contributed by atoms with Gasteiger partial charge in [0.15, 0.2) is 0 Å². The van der Waals surface area contributed by atoms with Crippen LogP contribution in [0.25, 0.3) is 0 Å². The molecule has 4 nitrogen and oxygen atoms in total. The SMILES string of the molecule is COC(CO)c1ccc(N2CCNCC2)cc1. The lowest BCUT2D eigenvalue weighted by atomic mass is 10.1. The van der Waals surface area contributed by atoms with Crippen molar-refractivity contribution in [2.24, 2.45) is 0 Å². The number of ether oxygens (including phenoxy) is 1. The number of nitrogens with one attached hydrogen (secondary N) is 1. The van der Waals surface area contributed by atoms with Crippen molar-refractivity contribution in [3.63, 3.8) is 0 Å². The van der Waals surface area contributed by atoms with Crippen molar-refractivity contribution in [2.75, 3.05) is 44.8 Å². The number of anilines is 1. The predicted molar refractivity (Wildman–Crippen MR) is 68.4 cm³/mol. The number of methoxy groups -OCH3 is 1. The summed E-state index contributed by atoms with van der Waals surface area (Å²) in [5, 5.41) is 12.5. The number of hydrogen-bond donors (Lipinski definition) is 2. The van der Waals surface area contributed by atoms with Crippen molar-refractivity contribution in [1.29, 1.82) is 0 Å². The molecule has 1 unspecified atom stereocenters. The van der Waals surface area contributed by atoms with Gasteiger partial charge in [0.25, 0.3) is 0 Å². The molecule has 0 amide bonds. The molecule has 0 aliphatic carbocycles. The highest BCUT2D eigenvalue weighted by Crippen LogP contribution is 2.21. The van der Waals surface area contributed by atoms with Crippen LogP contribution in [0.5, 0.6) is 0 Å². The van der Waals surface area contributed by atoms with E-state index in [1.807, 2.05) is 12.1 Å². The van der Waals surface area contributed by atoms with Gasteiger partial charge in [0.05, 0.1) is 6.61 Å². The highest BCUT2D eigenvalue weighted by atomic mass is 16.5. The highest BCUT2D eigenvalue weighted by Gasteiger charge is 2.12. The Morgan fingerprint density at radius 1 is 1.29 bits per heavy atom. The molecule has 0 spiro atoms. The second-order valence-corrected chi connectivity index (χ2v) is 4.24. The molecular weight excluding hydrogens is 216 g/mol. The van der Waals surface area contributed by atoms with Gasteiger partial charge in [0.1, 0.15) is 6.10 Å². The van der Waals surface area contributed by atoms with E-state index in [0.717, 1.165) is 31.7 Å². The third kappa shape index (κ3) is 2.97. The second-order valence-electron chi connectivity index (χ2n) is 4.24. The van der Waals surface area contributed by atoms with Gasteiger partial charge in [0.2, 0.25) is 0 Å². The zero-order valence-corrected chi connectivity index (χ0v) is 10.2. The van der Waals surface area contributed by atoms with Crippen molar-refractivity contribution < 1.29 is 9.84 Å². The molecule has 1 atom stereocenters. The molecule has 0 saturated carbocycles. The summed E-state index contributed by atoms with van der Waals surface area (Å²) in [5.41, 5.74) is 2.26. The smallest absolute Gasteiger partial charge is 0.105 e. The van der Waals surface area contributed by atoms with E-state index in [0.29, 0.717) is 0 Å². The molecule has 4 heteroatoms. The topological polar surface area (TPSA) is 44.7 Å². The Morgan fingerprint density at radius 3 is 2.47 bits per heavy atom. The van der Waals surface area contributed by atoms with Crippen LogP contribution in [0.3, 0.4) is 0 Å². The monoisotopic (exact) mass is 236 g/mol. The lowest BCUT2D eigenvalue weighted by molar-refractivity contribution is 0.0484. The Labute approximate surface area is 102 Å². The van der Waals surface area contributed by atoms with Gasteiger partial charge in [0, 0.05) is 39.0 Å². The minimum atomic E-state index is -0.216. The largest absolute Gasteiger partial charge is 0.393 e. The number of aliphatic hydroxyl groups excluding tert-OH is 1. The van der Waals surface area contributed by atoms with Gasteiger partial charge in [-0.3, -0.25) is 0 Å². The standard InChI is InChI=1S/C13H20N2O2/c1-17-13(10-16)11-2-4-12(5-3-11)15-8-6-14-7-9-15/h2-5,13-14,16H,6-10H2,1H3. The molecule has 2 N–H and O–H groups in total. The molecular formula is C13H20N2O2. The number of benzene rings is 1. The Hall–Kier alpha value is -1.10. The summed E-state index contributed by atoms with van der Waals surface area (Å²) >= 11 is 0. The summed E-state index contributed by atoms with van der Waals surface area (Å²) in [6.07, 6.45) is -0.216. The summed E-state index contributed by atoms with van der Waals surface area (Å²) in [7, 11) is 1.62. The summed E-state index contributed by atoms with van der Waals surface area (Å²) in [6.45, 7) is 4.20. The molecule has 17 heavy (non-hydrogen) atoms. The van der Waals surface area contributed by atoms with Gasteiger partial charge < -0.3 is 20.1 Å². The summed E-state index contributed by atoms with van der Waals surface area (Å²) in [5.74, 6) is 0. The first-order chi connectivity index (χ1) is 8.35. The molecule has 1 heterocycles. The molecule has 0 radical (unpaired) electrons. The zero-order chi connectivity index (χ0) is 12.1. The Kier molecular flexibility index (Phi) is 4.36.